The minimum atomic E-state index is -4.42. The number of ether oxygens (including phenoxy) is 6. The molecule has 0 aliphatic carbocycles. The summed E-state index contributed by atoms with van der Waals surface area (Å²) < 4.78 is 58.0. The van der Waals surface area contributed by atoms with Crippen molar-refractivity contribution in [2.24, 2.45) is 0 Å². The molecule has 4 rings (SSSR count). The first-order valence-corrected chi connectivity index (χ1v) is 19.4. The number of benzene rings is 4. The van der Waals surface area contributed by atoms with Gasteiger partial charge in [-0.1, -0.05) is 48.6 Å². The molecule has 0 fully saturated rings. The molecular weight excluding hydrogens is 718 g/mol. The van der Waals surface area contributed by atoms with E-state index in [1.165, 1.54) is 78.7 Å². The van der Waals surface area contributed by atoms with Crippen molar-refractivity contribution in [2.75, 3.05) is 42.7 Å². The van der Waals surface area contributed by atoms with E-state index >= 15 is 0 Å². The zero-order chi connectivity index (χ0) is 37.3. The van der Waals surface area contributed by atoms with Crippen LogP contribution in [0.25, 0.3) is 12.2 Å². The largest absolute Gasteiger partial charge is 0.496 e. The Morgan fingerprint density at radius 1 is 0.510 bits per heavy atom. The van der Waals surface area contributed by atoms with Gasteiger partial charge < -0.3 is 48.0 Å². The van der Waals surface area contributed by atoms with Gasteiger partial charge in [-0.25, -0.2) is 0 Å². The molecule has 12 nitrogen and oxygen atoms in total. The Morgan fingerprint density at radius 3 is 1.04 bits per heavy atom. The van der Waals surface area contributed by atoms with Crippen LogP contribution in [0, 0.1) is 0 Å². The summed E-state index contributed by atoms with van der Waals surface area (Å²) in [6, 6.07) is 19.0. The maximum Gasteiger partial charge on any atom is 0.356 e. The molecule has 0 saturated heterocycles. The van der Waals surface area contributed by atoms with Gasteiger partial charge in [-0.15, -0.1) is 11.8 Å². The van der Waals surface area contributed by atoms with Crippen molar-refractivity contribution in [1.82, 2.24) is 0 Å². The predicted octanol–water partition coefficient (Wildman–Crippen LogP) is 6.29. The first-order valence-electron chi connectivity index (χ1n) is 15.2. The predicted molar refractivity (Wildman–Crippen MR) is 200 cm³/mol. The topological polar surface area (TPSA) is 170 Å². The second-order valence-electron chi connectivity index (χ2n) is 10.9. The average molecular weight is 759 g/mol. The molecule has 0 amide bonds. The lowest BCUT2D eigenvalue weighted by Crippen LogP contribution is -2.06. The van der Waals surface area contributed by atoms with Crippen molar-refractivity contribution in [1.29, 1.82) is 0 Å². The SMILES string of the molecule is COc1cc(OC)c(C(C=Cc2ccc(P(=O)(O)O)cc2)SC(C=Cc2ccc(P(=O)(O)O)cc2)c2c(OC)cc(OC)cc2OC)c(OC)c1. The summed E-state index contributed by atoms with van der Waals surface area (Å²) in [7, 11) is 0.388. The molecule has 4 aromatic carbocycles. The molecule has 0 heterocycles. The second kappa shape index (κ2) is 17.4. The normalized spacial score (nSPS) is 13.2. The number of rotatable bonds is 16. The minimum absolute atomic E-state index is 0.0956. The van der Waals surface area contributed by atoms with Gasteiger partial charge in [-0.05, 0) is 35.4 Å². The van der Waals surface area contributed by atoms with Gasteiger partial charge in [0, 0.05) is 24.3 Å². The Morgan fingerprint density at radius 2 is 0.804 bits per heavy atom. The Labute approximate surface area is 301 Å². The maximum absolute atomic E-state index is 11.8. The van der Waals surface area contributed by atoms with Crippen LogP contribution in [0.4, 0.5) is 0 Å². The fourth-order valence-electron chi connectivity index (χ4n) is 5.16. The molecule has 0 spiro atoms. The Balaban J connectivity index is 1.93. The first-order chi connectivity index (χ1) is 24.3. The van der Waals surface area contributed by atoms with Crippen molar-refractivity contribution in [2.45, 2.75) is 10.5 Å². The Kier molecular flexibility index (Phi) is 13.5. The van der Waals surface area contributed by atoms with E-state index in [0.29, 0.717) is 56.8 Å². The quantitative estimate of drug-likeness (QED) is 0.0942. The highest BCUT2D eigenvalue weighted by molar-refractivity contribution is 8.00. The molecule has 2 atom stereocenters. The smallest absolute Gasteiger partial charge is 0.356 e. The van der Waals surface area contributed by atoms with Crippen molar-refractivity contribution in [3.8, 4) is 34.5 Å². The molecule has 0 radical (unpaired) electrons. The molecule has 4 aromatic rings. The van der Waals surface area contributed by atoms with Gasteiger partial charge in [0.2, 0.25) is 0 Å². The third kappa shape index (κ3) is 9.99. The number of hydrogen-bond donors (Lipinski definition) is 4. The highest BCUT2D eigenvalue weighted by atomic mass is 32.2. The van der Waals surface area contributed by atoms with Gasteiger partial charge in [0.05, 0.1) is 74.9 Å². The molecule has 0 aliphatic rings. The Hall–Kier alpha value is -4.19. The van der Waals surface area contributed by atoms with E-state index in [-0.39, 0.29) is 10.6 Å². The van der Waals surface area contributed by atoms with Crippen LogP contribution in [-0.2, 0) is 9.13 Å². The highest BCUT2D eigenvalue weighted by Crippen LogP contribution is 2.53. The lowest BCUT2D eigenvalue weighted by molar-refractivity contribution is 0.369. The molecular formula is C36H40O12P2S. The van der Waals surface area contributed by atoms with Gasteiger partial charge in [0.1, 0.15) is 34.5 Å². The number of thioether (sulfide) groups is 1. The van der Waals surface area contributed by atoms with Gasteiger partial charge in [0.15, 0.2) is 0 Å². The summed E-state index contributed by atoms with van der Waals surface area (Å²) in [4.78, 5) is 38.4. The molecule has 4 N–H and O–H groups in total. The summed E-state index contributed by atoms with van der Waals surface area (Å²) in [5.74, 6) is 2.96. The monoisotopic (exact) mass is 758 g/mol. The van der Waals surface area contributed by atoms with Crippen molar-refractivity contribution >= 4 is 49.7 Å². The zero-order valence-electron chi connectivity index (χ0n) is 28.7. The third-order valence-corrected chi connectivity index (χ3v) is 11.1. The van der Waals surface area contributed by atoms with Crippen molar-refractivity contribution in [3.63, 3.8) is 0 Å². The highest BCUT2D eigenvalue weighted by Gasteiger charge is 2.29. The lowest BCUT2D eigenvalue weighted by Gasteiger charge is -2.26. The van der Waals surface area contributed by atoms with E-state index in [1.54, 1.807) is 48.5 Å². The van der Waals surface area contributed by atoms with E-state index < -0.39 is 25.7 Å². The van der Waals surface area contributed by atoms with Crippen LogP contribution in [0.2, 0.25) is 0 Å². The molecule has 0 saturated carbocycles. The zero-order valence-corrected chi connectivity index (χ0v) is 31.4. The van der Waals surface area contributed by atoms with E-state index in [9.17, 15) is 28.7 Å². The number of hydrogen-bond acceptors (Lipinski definition) is 9. The molecule has 0 aliphatic heterocycles. The van der Waals surface area contributed by atoms with Gasteiger partial charge in [-0.3, -0.25) is 9.13 Å². The molecule has 0 aromatic heterocycles. The summed E-state index contributed by atoms with van der Waals surface area (Å²) >= 11 is 1.47. The Bertz CT molecular complexity index is 1760. The van der Waals surface area contributed by atoms with Crippen LogP contribution >= 0.6 is 27.0 Å². The standard InChI is InChI=1S/C36H40O12P2S/c1-43-25-19-29(45-3)35(30(20-25)46-4)33(17-11-23-7-13-27(14-8-23)49(37,38)39)51-34(18-12-24-9-15-28(16-10-24)50(40,41)42)36-31(47-5)21-26(44-2)22-32(36)48-6/h7-22,33-34H,1-6H3,(H2,37,38,39)(H2,40,41,42). The van der Waals surface area contributed by atoms with Crippen LogP contribution in [0.15, 0.2) is 84.9 Å². The van der Waals surface area contributed by atoms with E-state index in [2.05, 4.69) is 0 Å². The van der Waals surface area contributed by atoms with Gasteiger partial charge in [-0.2, -0.15) is 0 Å². The minimum Gasteiger partial charge on any atom is -0.496 e. The fraction of sp³-hybridized carbons (Fsp3) is 0.222. The average Bonchev–Trinajstić information content (AvgIpc) is 3.13. The van der Waals surface area contributed by atoms with Crippen molar-refractivity contribution in [3.05, 3.63) is 107 Å². The fourth-order valence-corrected chi connectivity index (χ4v) is 7.63. The second-order valence-corrected chi connectivity index (χ2v) is 15.4. The van der Waals surface area contributed by atoms with Crippen LogP contribution < -0.4 is 39.0 Å². The summed E-state index contributed by atoms with van der Waals surface area (Å²) in [6.45, 7) is 0. The third-order valence-electron chi connectivity index (χ3n) is 7.75. The molecule has 15 heteroatoms. The number of methoxy groups -OCH3 is 6. The molecule has 51 heavy (non-hydrogen) atoms. The van der Waals surface area contributed by atoms with Gasteiger partial charge in [0.25, 0.3) is 0 Å². The molecule has 2 unspecified atom stereocenters. The summed E-state index contributed by atoms with van der Waals surface area (Å²) in [5.41, 5.74) is 2.71. The van der Waals surface area contributed by atoms with E-state index in [4.69, 9.17) is 28.4 Å². The first kappa shape index (κ1) is 39.6. The van der Waals surface area contributed by atoms with Crippen LogP contribution in [-0.4, -0.2) is 62.2 Å². The summed E-state index contributed by atoms with van der Waals surface area (Å²) in [6.07, 6.45) is 7.49. The van der Waals surface area contributed by atoms with Crippen LogP contribution in [0.3, 0.4) is 0 Å². The lowest BCUT2D eigenvalue weighted by atomic mass is 10.1. The maximum atomic E-state index is 11.8. The van der Waals surface area contributed by atoms with Crippen molar-refractivity contribution < 1.29 is 57.1 Å². The van der Waals surface area contributed by atoms with E-state index in [0.717, 1.165) is 0 Å². The molecule has 272 valence electrons. The van der Waals surface area contributed by atoms with Crippen LogP contribution in [0.5, 0.6) is 34.5 Å². The van der Waals surface area contributed by atoms with Gasteiger partial charge >= 0.3 is 15.2 Å². The molecule has 0 bridgehead atoms. The van der Waals surface area contributed by atoms with E-state index in [1.807, 2.05) is 24.3 Å². The summed E-state index contributed by atoms with van der Waals surface area (Å²) in [5, 5.41) is -1.21. The van der Waals surface area contributed by atoms with Crippen LogP contribution in [0.1, 0.15) is 32.8 Å².